The average Bonchev–Trinajstić information content (AvgIpc) is 3.03. The summed E-state index contributed by atoms with van der Waals surface area (Å²) in [7, 11) is 1.67. The minimum Gasteiger partial charge on any atom is -0.497 e. The summed E-state index contributed by atoms with van der Waals surface area (Å²) >= 11 is 0. The number of hydrogen-bond donors (Lipinski definition) is 0. The van der Waals surface area contributed by atoms with Crippen molar-refractivity contribution in [1.82, 2.24) is 14.8 Å². The number of ether oxygens (including phenoxy) is 1. The summed E-state index contributed by atoms with van der Waals surface area (Å²) in [6.45, 7) is 2.01. The third-order valence-corrected chi connectivity index (χ3v) is 4.31. The van der Waals surface area contributed by atoms with Crippen LogP contribution in [-0.4, -0.2) is 21.9 Å². The second-order valence-electron chi connectivity index (χ2n) is 6.08. The third kappa shape index (κ3) is 3.09. The molecule has 0 spiro atoms. The molecule has 0 N–H and O–H groups in total. The Morgan fingerprint density at radius 2 is 1.65 bits per heavy atom. The fourth-order valence-corrected chi connectivity index (χ4v) is 2.91. The highest BCUT2D eigenvalue weighted by Gasteiger charge is 2.10. The molecule has 128 valence electrons. The molecule has 4 rings (SSSR count). The van der Waals surface area contributed by atoms with Gasteiger partial charge in [0.05, 0.1) is 18.5 Å². The van der Waals surface area contributed by atoms with Gasteiger partial charge in [-0.15, -0.1) is 0 Å². The van der Waals surface area contributed by atoms with E-state index in [0.717, 1.165) is 39.3 Å². The number of aryl methyl sites for hydroxylation is 1. The summed E-state index contributed by atoms with van der Waals surface area (Å²) in [4.78, 5) is 4.65. The lowest BCUT2D eigenvalue weighted by Gasteiger charge is -2.02. The molecule has 4 aromatic rings. The topological polar surface area (TPSA) is 39.9 Å². The maximum Gasteiger partial charge on any atom is 0.163 e. The van der Waals surface area contributed by atoms with Gasteiger partial charge in [-0.1, -0.05) is 42.5 Å². The number of rotatable bonds is 4. The van der Waals surface area contributed by atoms with Crippen LogP contribution in [0.3, 0.4) is 0 Å². The number of methoxy groups -OCH3 is 1. The molecule has 26 heavy (non-hydrogen) atoms. The van der Waals surface area contributed by atoms with E-state index >= 15 is 0 Å². The van der Waals surface area contributed by atoms with Crippen molar-refractivity contribution in [2.75, 3.05) is 7.11 Å². The summed E-state index contributed by atoms with van der Waals surface area (Å²) in [5, 5.41) is 5.72. The van der Waals surface area contributed by atoms with E-state index in [2.05, 4.69) is 28.3 Å². The zero-order valence-corrected chi connectivity index (χ0v) is 14.8. The predicted octanol–water partition coefficient (Wildman–Crippen LogP) is 4.91. The molecule has 4 heteroatoms. The van der Waals surface area contributed by atoms with Crippen LogP contribution < -0.4 is 4.74 Å². The van der Waals surface area contributed by atoms with E-state index in [0.29, 0.717) is 0 Å². The molecule has 0 saturated heterocycles. The molecule has 0 amide bonds. The van der Waals surface area contributed by atoms with E-state index in [1.54, 1.807) is 7.11 Å². The number of fused-ring (bicyclic) bond motifs is 1. The van der Waals surface area contributed by atoms with Crippen molar-refractivity contribution < 1.29 is 4.74 Å². The lowest BCUT2D eigenvalue weighted by Crippen LogP contribution is -1.97. The Bertz CT molecular complexity index is 1060. The molecule has 2 aromatic carbocycles. The number of pyridine rings is 1. The Labute approximate surface area is 152 Å². The Morgan fingerprint density at radius 1 is 0.923 bits per heavy atom. The van der Waals surface area contributed by atoms with Crippen LogP contribution in [0.4, 0.5) is 0 Å². The number of nitrogens with zero attached hydrogens (tertiary/aromatic N) is 3. The maximum absolute atomic E-state index is 5.19. The second kappa shape index (κ2) is 6.84. The van der Waals surface area contributed by atoms with Gasteiger partial charge in [0.2, 0.25) is 0 Å². The summed E-state index contributed by atoms with van der Waals surface area (Å²) in [6.07, 6.45) is 6.01. The molecule has 0 saturated carbocycles. The predicted molar refractivity (Wildman–Crippen MR) is 106 cm³/mol. The highest BCUT2D eigenvalue weighted by Crippen LogP contribution is 2.22. The van der Waals surface area contributed by atoms with Gasteiger partial charge in [-0.25, -0.2) is 9.67 Å². The van der Waals surface area contributed by atoms with E-state index in [9.17, 15) is 0 Å². The Hall–Kier alpha value is -3.40. The Balaban J connectivity index is 1.67. The normalized spacial score (nSPS) is 11.3. The second-order valence-corrected chi connectivity index (χ2v) is 6.08. The first kappa shape index (κ1) is 16.1. The summed E-state index contributed by atoms with van der Waals surface area (Å²) in [5.41, 5.74) is 5.01. The van der Waals surface area contributed by atoms with Gasteiger partial charge in [0, 0.05) is 11.6 Å². The highest BCUT2D eigenvalue weighted by atomic mass is 16.5. The van der Waals surface area contributed by atoms with Crippen LogP contribution >= 0.6 is 0 Å². The molecule has 0 aliphatic carbocycles. The summed E-state index contributed by atoms with van der Waals surface area (Å²) in [5.74, 6) is 0.856. The van der Waals surface area contributed by atoms with E-state index in [1.807, 2.05) is 72.4 Å². The lowest BCUT2D eigenvalue weighted by atomic mass is 10.1. The van der Waals surface area contributed by atoms with Crippen molar-refractivity contribution >= 4 is 23.2 Å². The minimum atomic E-state index is 0.856. The Kier molecular flexibility index (Phi) is 4.23. The van der Waals surface area contributed by atoms with Crippen LogP contribution in [0.1, 0.15) is 16.8 Å². The molecule has 0 unspecified atom stereocenters. The molecule has 0 atom stereocenters. The molecule has 0 aliphatic heterocycles. The van der Waals surface area contributed by atoms with Gasteiger partial charge >= 0.3 is 0 Å². The van der Waals surface area contributed by atoms with E-state index in [4.69, 9.17) is 4.74 Å². The standard InChI is InChI=1S/C22H19N3O/c1-16-21-14-18(9-8-17-10-12-20(26-2)13-11-17)15-23-22(21)25(24-16)19-6-4-3-5-7-19/h3-15H,1-2H3/b9-8+. The first-order valence-electron chi connectivity index (χ1n) is 8.47. The SMILES string of the molecule is COc1ccc(/C=C/c2cnc3c(c2)c(C)nn3-c2ccccc2)cc1. The van der Waals surface area contributed by atoms with E-state index in [1.165, 1.54) is 0 Å². The smallest absolute Gasteiger partial charge is 0.163 e. The van der Waals surface area contributed by atoms with Crippen LogP contribution in [0.25, 0.3) is 28.9 Å². The van der Waals surface area contributed by atoms with Gasteiger partial charge in [0.25, 0.3) is 0 Å². The van der Waals surface area contributed by atoms with Crippen LogP contribution in [0.5, 0.6) is 5.75 Å². The monoisotopic (exact) mass is 341 g/mol. The molecule has 0 bridgehead atoms. The van der Waals surface area contributed by atoms with Crippen molar-refractivity contribution in [3.8, 4) is 11.4 Å². The van der Waals surface area contributed by atoms with Gasteiger partial charge in [0.15, 0.2) is 5.65 Å². The Morgan fingerprint density at radius 3 is 2.38 bits per heavy atom. The van der Waals surface area contributed by atoms with Crippen molar-refractivity contribution in [3.63, 3.8) is 0 Å². The molecule has 2 heterocycles. The minimum absolute atomic E-state index is 0.856. The quantitative estimate of drug-likeness (QED) is 0.529. The van der Waals surface area contributed by atoms with Crippen LogP contribution in [0.2, 0.25) is 0 Å². The highest BCUT2D eigenvalue weighted by molar-refractivity contribution is 5.83. The van der Waals surface area contributed by atoms with Crippen LogP contribution in [-0.2, 0) is 0 Å². The number of hydrogen-bond acceptors (Lipinski definition) is 3. The van der Waals surface area contributed by atoms with Crippen molar-refractivity contribution in [2.24, 2.45) is 0 Å². The number of para-hydroxylation sites is 1. The van der Waals surface area contributed by atoms with Gasteiger partial charge in [-0.2, -0.15) is 5.10 Å². The van der Waals surface area contributed by atoms with E-state index in [-0.39, 0.29) is 0 Å². The molecule has 0 aliphatic rings. The third-order valence-electron chi connectivity index (χ3n) is 4.31. The van der Waals surface area contributed by atoms with Gasteiger partial charge < -0.3 is 4.74 Å². The van der Waals surface area contributed by atoms with Crippen LogP contribution in [0.15, 0.2) is 66.9 Å². The molecule has 4 nitrogen and oxygen atoms in total. The van der Waals surface area contributed by atoms with Crippen molar-refractivity contribution in [3.05, 3.63) is 83.7 Å². The van der Waals surface area contributed by atoms with E-state index < -0.39 is 0 Å². The van der Waals surface area contributed by atoms with Crippen molar-refractivity contribution in [1.29, 1.82) is 0 Å². The first-order valence-corrected chi connectivity index (χ1v) is 8.47. The zero-order chi connectivity index (χ0) is 17.9. The maximum atomic E-state index is 5.19. The summed E-state index contributed by atoms with van der Waals surface area (Å²) in [6, 6.07) is 20.2. The number of aromatic nitrogens is 3. The molecule has 2 aromatic heterocycles. The van der Waals surface area contributed by atoms with Crippen molar-refractivity contribution in [2.45, 2.75) is 6.92 Å². The first-order chi connectivity index (χ1) is 12.7. The van der Waals surface area contributed by atoms with Crippen LogP contribution in [0, 0.1) is 6.92 Å². The fraction of sp³-hybridized carbons (Fsp3) is 0.0909. The number of benzene rings is 2. The fourth-order valence-electron chi connectivity index (χ4n) is 2.91. The molecular formula is C22H19N3O. The van der Waals surface area contributed by atoms with Gasteiger partial charge in [-0.3, -0.25) is 0 Å². The zero-order valence-electron chi connectivity index (χ0n) is 14.8. The molecule has 0 fully saturated rings. The lowest BCUT2D eigenvalue weighted by molar-refractivity contribution is 0.415. The van der Waals surface area contributed by atoms with Gasteiger partial charge in [0.1, 0.15) is 5.75 Å². The summed E-state index contributed by atoms with van der Waals surface area (Å²) < 4.78 is 7.08. The largest absolute Gasteiger partial charge is 0.497 e. The molecule has 0 radical (unpaired) electrons. The van der Waals surface area contributed by atoms with Gasteiger partial charge in [-0.05, 0) is 48.4 Å². The molecular weight excluding hydrogens is 322 g/mol. The average molecular weight is 341 g/mol.